The number of aliphatic hydroxyl groups excluding tert-OH is 2. The van der Waals surface area contributed by atoms with Crippen molar-refractivity contribution in [2.45, 2.75) is 277 Å². The molecule has 4 rings (SSSR count). The highest BCUT2D eigenvalue weighted by Crippen LogP contribution is 2.28. The molecule has 120 heavy (non-hydrogen) atoms. The Morgan fingerprint density at radius 1 is 0.342 bits per heavy atom. The van der Waals surface area contributed by atoms with E-state index in [2.05, 4.69) is 35.2 Å². The zero-order valence-corrected chi connectivity index (χ0v) is 82.5. The number of quaternary nitrogens is 2. The molecule has 4 aromatic carbocycles. The first-order valence-electron chi connectivity index (χ1n) is 42.0. The van der Waals surface area contributed by atoms with Gasteiger partial charge in [0.15, 0.2) is 11.6 Å². The Kier molecular flexibility index (Phi) is 62.7. The van der Waals surface area contributed by atoms with Crippen LogP contribution in [0.3, 0.4) is 0 Å². The van der Waals surface area contributed by atoms with Crippen LogP contribution in [0.2, 0.25) is 0 Å². The average molecular weight is 1780 g/mol. The van der Waals surface area contributed by atoms with Crippen LogP contribution < -0.4 is 34.1 Å². The molecule has 1 atom stereocenters. The predicted octanol–water partition coefficient (Wildman–Crippen LogP) is 13.1. The number of ketones is 2. The molecule has 0 spiro atoms. The minimum absolute atomic E-state index is 0. The highest BCUT2D eigenvalue weighted by atomic mass is 79.9. The number of hydrogen-bond donors (Lipinski definition) is 2. The zero-order chi connectivity index (χ0) is 92.5. The first-order valence-corrected chi connectivity index (χ1v) is 42.0. The van der Waals surface area contributed by atoms with E-state index in [0.717, 1.165) is 74.6 Å². The van der Waals surface area contributed by atoms with Gasteiger partial charge in [-0.25, -0.2) is 0 Å². The highest BCUT2D eigenvalue weighted by Gasteiger charge is 2.33. The van der Waals surface area contributed by atoms with Crippen LogP contribution >= 0.6 is 0 Å². The standard InChI is InChI=1S/C23H30NO3.C19H20O3.C11H24NO2.3C9H18O2.2C8H16O3.BrH.ClH/c1-5-18(2)23(26)27-16-15-24(3,4)17-19-11-13-21(14-12-19)22(25)20-9-7-6-8-10-20;1-4-19(2,3)18(21)22-16-12-10-15(11-13-16)17(20)14-8-6-5-7-9-14;1-7-11(2,3)10(13)14-9-8-12(4,5)6;3*1-6-9(4,5)8(10)11-7(2)3;2*1-4-8(2,3)7(10)11-6-5-9;;/h6-14,18H,5,15-17H2,1-4H3;5-13H,4H2,1-3H3;7-9H2,1-6H3;3*7H,6H2,1-5H3;2*9H,4-6H2,1-3H3;2*1H/q+1;;+1;;;;;;;/p-2. The fourth-order valence-corrected chi connectivity index (χ4v) is 7.88. The molecule has 0 aliphatic rings. The van der Waals surface area contributed by atoms with E-state index < -0.39 is 16.2 Å². The third-order valence-electron chi connectivity index (χ3n) is 19.9. The molecule has 0 fully saturated rings. The maximum atomic E-state index is 12.5. The molecule has 0 radical (unpaired) electrons. The van der Waals surface area contributed by atoms with Gasteiger partial charge in [-0.2, -0.15) is 0 Å². The molecule has 22 nitrogen and oxygen atoms in total. The Labute approximate surface area is 741 Å². The summed E-state index contributed by atoms with van der Waals surface area (Å²) in [4.78, 5) is 116. The summed E-state index contributed by atoms with van der Waals surface area (Å²) in [6, 6.07) is 32.8. The lowest BCUT2D eigenvalue weighted by atomic mass is 9.91. The van der Waals surface area contributed by atoms with Crippen LogP contribution in [0, 0.1) is 43.8 Å². The van der Waals surface area contributed by atoms with Crippen molar-refractivity contribution in [3.05, 3.63) is 137 Å². The summed E-state index contributed by atoms with van der Waals surface area (Å²) >= 11 is 0. The molecule has 0 heterocycles. The second kappa shape index (κ2) is 61.0. The fourth-order valence-electron chi connectivity index (χ4n) is 7.88. The minimum Gasteiger partial charge on any atom is -1.00 e. The van der Waals surface area contributed by atoms with Crippen LogP contribution in [0.15, 0.2) is 109 Å². The van der Waals surface area contributed by atoms with Gasteiger partial charge in [-0.05, 0) is 214 Å². The van der Waals surface area contributed by atoms with Gasteiger partial charge in [-0.15, -0.1) is 0 Å². The normalized spacial score (nSPS) is 11.6. The Bertz CT molecular complexity index is 3430. The van der Waals surface area contributed by atoms with Gasteiger partial charge in [0.25, 0.3) is 0 Å². The van der Waals surface area contributed by atoms with Gasteiger partial charge >= 0.3 is 47.8 Å². The van der Waals surface area contributed by atoms with Gasteiger partial charge in [-0.1, -0.05) is 147 Å². The predicted molar refractivity (Wildman–Crippen MR) is 471 cm³/mol. The third kappa shape index (κ3) is 54.2. The summed E-state index contributed by atoms with van der Waals surface area (Å²) in [7, 11) is 10.5. The number of rotatable bonds is 36. The average Bonchev–Trinajstić information content (AvgIpc) is 0.845. The number of carbonyl (C=O) groups excluding carboxylic acids is 10. The van der Waals surface area contributed by atoms with E-state index in [-0.39, 0.29) is 161 Å². The van der Waals surface area contributed by atoms with Crippen LogP contribution in [0.4, 0.5) is 0 Å². The summed E-state index contributed by atoms with van der Waals surface area (Å²) in [5.74, 6) is -0.873. The molecule has 0 bridgehead atoms. The first kappa shape index (κ1) is 123. The van der Waals surface area contributed by atoms with E-state index in [9.17, 15) is 47.9 Å². The lowest BCUT2D eigenvalue weighted by molar-refractivity contribution is -0.903. The van der Waals surface area contributed by atoms with Crippen LogP contribution in [-0.4, -0.2) is 185 Å². The maximum absolute atomic E-state index is 12.5. The molecule has 1 unspecified atom stereocenters. The number of halogens is 2. The van der Waals surface area contributed by atoms with Gasteiger partial charge in [0.1, 0.15) is 51.8 Å². The minimum atomic E-state index is -0.515. The molecule has 0 saturated carbocycles. The lowest BCUT2D eigenvalue weighted by Gasteiger charge is -2.29. The molecule has 0 amide bonds. The summed E-state index contributed by atoms with van der Waals surface area (Å²) in [6.45, 7) is 58.4. The third-order valence-corrected chi connectivity index (χ3v) is 19.9. The molecule has 4 aromatic rings. The summed E-state index contributed by atoms with van der Waals surface area (Å²) in [5, 5.41) is 16.8. The number of nitrogens with zero attached hydrogens (tertiary/aromatic N) is 2. The molecular formula is C96H160BrClN2O20. The van der Waals surface area contributed by atoms with E-state index in [1.165, 1.54) is 0 Å². The Morgan fingerprint density at radius 2 is 0.600 bits per heavy atom. The summed E-state index contributed by atoms with van der Waals surface area (Å²) < 4.78 is 42.2. The number of likely N-dealkylation sites (N-methyl/N-ethyl adjacent to an activating group) is 2. The van der Waals surface area contributed by atoms with Crippen LogP contribution in [0.1, 0.15) is 290 Å². The van der Waals surface area contributed by atoms with E-state index in [1.54, 1.807) is 36.4 Å². The number of esters is 8. The van der Waals surface area contributed by atoms with Crippen molar-refractivity contribution >= 4 is 59.3 Å². The van der Waals surface area contributed by atoms with Crippen molar-refractivity contribution in [3.8, 4) is 5.75 Å². The molecule has 0 saturated heterocycles. The van der Waals surface area contributed by atoms with Crippen LogP contribution in [0.25, 0.3) is 0 Å². The first-order chi connectivity index (χ1) is 54.2. The number of aliphatic hydroxyl groups is 2. The Morgan fingerprint density at radius 3 is 0.867 bits per heavy atom. The van der Waals surface area contributed by atoms with Gasteiger partial charge in [-0.3, -0.25) is 47.9 Å². The van der Waals surface area contributed by atoms with Crippen molar-refractivity contribution in [1.82, 2.24) is 0 Å². The van der Waals surface area contributed by atoms with E-state index in [4.69, 9.17) is 48.1 Å². The number of ether oxygens (including phenoxy) is 8. The molecule has 0 aromatic heterocycles. The van der Waals surface area contributed by atoms with E-state index in [0.29, 0.717) is 52.1 Å². The summed E-state index contributed by atoms with van der Waals surface area (Å²) in [5.41, 5.74) is 1.06. The van der Waals surface area contributed by atoms with Gasteiger partial charge in [0, 0.05) is 27.8 Å². The fraction of sp³-hybridized carbons (Fsp3) is 0.646. The largest absolute Gasteiger partial charge is 1.00 e. The second-order valence-electron chi connectivity index (χ2n) is 36.2. The number of hydrogen-bond acceptors (Lipinski definition) is 20. The van der Waals surface area contributed by atoms with Crippen molar-refractivity contribution in [1.29, 1.82) is 0 Å². The Hall–Kier alpha value is -7.41. The molecular weight excluding hydrogens is 1620 g/mol. The van der Waals surface area contributed by atoms with Crippen LogP contribution in [-0.2, 0) is 78.1 Å². The summed E-state index contributed by atoms with van der Waals surface area (Å²) in [6.07, 6.45) is 6.25. The smallest absolute Gasteiger partial charge is 0.316 e. The second-order valence-corrected chi connectivity index (χ2v) is 36.2. The van der Waals surface area contributed by atoms with Gasteiger partial charge < -0.3 is 86.5 Å². The highest BCUT2D eigenvalue weighted by molar-refractivity contribution is 6.09. The zero-order valence-electron chi connectivity index (χ0n) is 80.1. The molecule has 24 heteroatoms. The van der Waals surface area contributed by atoms with E-state index >= 15 is 0 Å². The SMILES string of the molecule is CCC(C)(C)C(=O)OC(C)C.CCC(C)(C)C(=O)OC(C)C.CCC(C)(C)C(=O)OC(C)C.CCC(C)(C)C(=O)OCCO.CCC(C)(C)C(=O)OCCO.CCC(C)(C)C(=O)OCC[N+](C)(C)C.CCC(C)(C)C(=O)Oc1ccc(C(=O)c2ccccc2)cc1.CCC(C)C(=O)OCC[N+](C)(C)Cc1ccc(C(=O)c2ccccc2)cc1.[Br-].[Cl-]. The molecule has 2 N–H and O–H groups in total. The topological polar surface area (TPSA) is 285 Å². The molecule has 0 aliphatic heterocycles. The quantitative estimate of drug-likeness (QED) is 0.0141. The number of benzene rings is 4. The van der Waals surface area contributed by atoms with Crippen molar-refractivity contribution in [2.75, 3.05) is 88.0 Å². The van der Waals surface area contributed by atoms with Gasteiger partial charge in [0.05, 0.1) is 111 Å². The Balaban J connectivity index is -0.000000318. The van der Waals surface area contributed by atoms with Crippen LogP contribution in [0.5, 0.6) is 5.75 Å². The number of carbonyl (C=O) groups is 10. The maximum Gasteiger partial charge on any atom is 0.316 e. The monoisotopic (exact) mass is 1780 g/mol. The van der Waals surface area contributed by atoms with Crippen molar-refractivity contribution < 1.29 is 134 Å². The lowest BCUT2D eigenvalue weighted by Crippen LogP contribution is -3.00. The van der Waals surface area contributed by atoms with Crippen molar-refractivity contribution in [2.24, 2.45) is 43.8 Å². The van der Waals surface area contributed by atoms with Gasteiger partial charge in [0.2, 0.25) is 0 Å². The molecule has 0 aliphatic carbocycles. The van der Waals surface area contributed by atoms with E-state index in [1.807, 2.05) is 274 Å². The van der Waals surface area contributed by atoms with Crippen molar-refractivity contribution in [3.63, 3.8) is 0 Å². The molecule has 688 valence electrons.